The highest BCUT2D eigenvalue weighted by Gasteiger charge is 2.41. The molecule has 1 saturated heterocycles. The zero-order chi connectivity index (χ0) is 12.5. The summed E-state index contributed by atoms with van der Waals surface area (Å²) in [4.78, 5) is 23.6. The number of carboxylic acids is 1. The molecular formula is C9H13Br2NO4. The van der Waals surface area contributed by atoms with Crippen molar-refractivity contribution in [3.63, 3.8) is 0 Å². The number of carboxylic acid groups (broad SMARTS) is 1. The van der Waals surface area contributed by atoms with Gasteiger partial charge in [-0.05, 0) is 20.3 Å². The van der Waals surface area contributed by atoms with E-state index >= 15 is 0 Å². The molecule has 0 radical (unpaired) electrons. The van der Waals surface area contributed by atoms with Crippen molar-refractivity contribution in [2.24, 2.45) is 0 Å². The number of amides is 1. The highest BCUT2D eigenvalue weighted by atomic mass is 79.9. The molecule has 1 fully saturated rings. The highest BCUT2D eigenvalue weighted by Crippen LogP contribution is 2.29. The highest BCUT2D eigenvalue weighted by molar-refractivity contribution is 9.24. The lowest BCUT2D eigenvalue weighted by molar-refractivity contribution is -0.147. The van der Waals surface area contributed by atoms with E-state index in [-0.39, 0.29) is 3.74 Å². The lowest BCUT2D eigenvalue weighted by Gasteiger charge is -2.39. The molecule has 1 rings (SSSR count). The van der Waals surface area contributed by atoms with Crippen molar-refractivity contribution in [1.29, 1.82) is 0 Å². The summed E-state index contributed by atoms with van der Waals surface area (Å²) in [5, 5.41) is 8.79. The van der Waals surface area contributed by atoms with Gasteiger partial charge in [-0.1, -0.05) is 31.9 Å². The second-order valence-electron chi connectivity index (χ2n) is 4.11. The van der Waals surface area contributed by atoms with E-state index in [4.69, 9.17) is 9.84 Å². The van der Waals surface area contributed by atoms with Gasteiger partial charge >= 0.3 is 12.1 Å². The molecule has 0 aromatic carbocycles. The summed E-state index contributed by atoms with van der Waals surface area (Å²) in [5.74, 6) is -0.991. The summed E-state index contributed by atoms with van der Waals surface area (Å²) in [6.07, 6.45) is -0.107. The molecule has 7 heteroatoms. The number of carbonyl (C=O) groups is 2. The fraction of sp³-hybridized carbons (Fsp3) is 0.778. The maximum atomic E-state index is 11.7. The number of hydrogen-bond acceptors (Lipinski definition) is 3. The van der Waals surface area contributed by atoms with E-state index in [1.807, 2.05) is 0 Å². The molecule has 0 aromatic heterocycles. The van der Waals surface area contributed by atoms with Gasteiger partial charge in [-0.15, -0.1) is 0 Å². The van der Waals surface area contributed by atoms with E-state index in [9.17, 15) is 9.59 Å². The molecule has 0 bridgehead atoms. The first-order valence-electron chi connectivity index (χ1n) is 4.76. The maximum absolute atomic E-state index is 11.7. The molecule has 0 aliphatic carbocycles. The number of carbonyl (C=O) groups excluding carboxylic acids is 1. The van der Waals surface area contributed by atoms with Crippen LogP contribution in [0.1, 0.15) is 20.3 Å². The molecule has 1 unspecified atom stereocenters. The first-order valence-corrected chi connectivity index (χ1v) is 6.59. The first-order chi connectivity index (χ1) is 7.25. The predicted octanol–water partition coefficient (Wildman–Crippen LogP) is 2.18. The standard InChI is InChI=1S/C9H13Br2NO4/c1-9(2,7(10)11)16-8(15)12-4-3-5(12)6(13)14/h5,7H,3-4H2,1-2H3,(H,13,14). The van der Waals surface area contributed by atoms with Crippen LogP contribution in [0.2, 0.25) is 0 Å². The van der Waals surface area contributed by atoms with Gasteiger partial charge < -0.3 is 9.84 Å². The van der Waals surface area contributed by atoms with Crippen LogP contribution < -0.4 is 0 Å². The van der Waals surface area contributed by atoms with Crippen molar-refractivity contribution in [3.05, 3.63) is 0 Å². The van der Waals surface area contributed by atoms with Crippen molar-refractivity contribution in [2.45, 2.75) is 35.6 Å². The second kappa shape index (κ2) is 4.91. The first kappa shape index (κ1) is 13.8. The molecular weight excluding hydrogens is 346 g/mol. The molecule has 1 heterocycles. The molecule has 1 amide bonds. The van der Waals surface area contributed by atoms with Gasteiger partial charge in [0.25, 0.3) is 0 Å². The summed E-state index contributed by atoms with van der Waals surface area (Å²) in [5.41, 5.74) is -0.740. The molecule has 0 spiro atoms. The molecule has 5 nitrogen and oxygen atoms in total. The Bertz CT molecular complexity index is 306. The van der Waals surface area contributed by atoms with E-state index in [1.165, 1.54) is 4.90 Å². The van der Waals surface area contributed by atoms with Gasteiger partial charge in [0, 0.05) is 6.54 Å². The Morgan fingerprint density at radius 2 is 2.06 bits per heavy atom. The van der Waals surface area contributed by atoms with Crippen LogP contribution in [0.25, 0.3) is 0 Å². The van der Waals surface area contributed by atoms with Crippen molar-refractivity contribution < 1.29 is 19.4 Å². The number of aliphatic carboxylic acids is 1. The van der Waals surface area contributed by atoms with Crippen LogP contribution >= 0.6 is 31.9 Å². The topological polar surface area (TPSA) is 66.8 Å². The largest absolute Gasteiger partial charge is 0.480 e. The lowest BCUT2D eigenvalue weighted by Crippen LogP contribution is -2.56. The van der Waals surface area contributed by atoms with Crippen LogP contribution in [0.5, 0.6) is 0 Å². The smallest absolute Gasteiger partial charge is 0.411 e. The monoisotopic (exact) mass is 357 g/mol. The molecule has 92 valence electrons. The number of alkyl halides is 2. The van der Waals surface area contributed by atoms with Gasteiger partial charge in [0.05, 0.1) is 0 Å². The second-order valence-corrected chi connectivity index (χ2v) is 7.17. The summed E-state index contributed by atoms with van der Waals surface area (Å²) >= 11 is 6.52. The Labute approximate surface area is 110 Å². The van der Waals surface area contributed by atoms with Crippen LogP contribution in [-0.4, -0.2) is 44.0 Å². The number of hydrogen-bond donors (Lipinski definition) is 1. The molecule has 1 atom stereocenters. The van der Waals surface area contributed by atoms with E-state index in [0.717, 1.165) is 0 Å². The van der Waals surface area contributed by atoms with Gasteiger partial charge in [0.1, 0.15) is 15.4 Å². The number of likely N-dealkylation sites (tertiary alicyclic amines) is 1. The Kier molecular flexibility index (Phi) is 4.23. The van der Waals surface area contributed by atoms with Gasteiger partial charge in [-0.25, -0.2) is 9.59 Å². The Balaban J connectivity index is 2.57. The van der Waals surface area contributed by atoms with Crippen LogP contribution in [0.4, 0.5) is 4.79 Å². The van der Waals surface area contributed by atoms with Crippen LogP contribution in [0.15, 0.2) is 0 Å². The van der Waals surface area contributed by atoms with Crippen molar-refractivity contribution >= 4 is 43.9 Å². The van der Waals surface area contributed by atoms with Gasteiger partial charge in [-0.3, -0.25) is 4.90 Å². The Morgan fingerprint density at radius 1 is 1.50 bits per heavy atom. The Morgan fingerprint density at radius 3 is 2.38 bits per heavy atom. The summed E-state index contributed by atoms with van der Waals surface area (Å²) in [6, 6.07) is -0.743. The third kappa shape index (κ3) is 2.88. The third-order valence-corrected chi connectivity index (χ3v) is 4.62. The minimum Gasteiger partial charge on any atom is -0.480 e. The minimum absolute atomic E-state index is 0.194. The molecule has 0 aromatic rings. The Hall–Kier alpha value is -0.300. The summed E-state index contributed by atoms with van der Waals surface area (Å²) in [7, 11) is 0. The van der Waals surface area contributed by atoms with Gasteiger partial charge in [0.15, 0.2) is 0 Å². The quantitative estimate of drug-likeness (QED) is 0.785. The van der Waals surface area contributed by atoms with E-state index in [2.05, 4.69) is 31.9 Å². The fourth-order valence-electron chi connectivity index (χ4n) is 1.19. The van der Waals surface area contributed by atoms with E-state index in [1.54, 1.807) is 13.8 Å². The number of nitrogens with zero attached hydrogens (tertiary/aromatic N) is 1. The van der Waals surface area contributed by atoms with Crippen LogP contribution in [-0.2, 0) is 9.53 Å². The summed E-state index contributed by atoms with van der Waals surface area (Å²) < 4.78 is 5.02. The SMILES string of the molecule is CC(C)(OC(=O)N1CCC1C(=O)O)C(Br)Br. The number of rotatable bonds is 3. The zero-order valence-electron chi connectivity index (χ0n) is 8.94. The molecule has 16 heavy (non-hydrogen) atoms. The molecule has 1 aliphatic heterocycles. The normalized spacial score (nSPS) is 20.6. The van der Waals surface area contributed by atoms with Crippen LogP contribution in [0, 0.1) is 0 Å². The molecule has 0 saturated carbocycles. The average molecular weight is 359 g/mol. The zero-order valence-corrected chi connectivity index (χ0v) is 12.1. The molecule has 1 N–H and O–H groups in total. The van der Waals surface area contributed by atoms with Gasteiger partial charge in [-0.2, -0.15) is 0 Å². The van der Waals surface area contributed by atoms with Gasteiger partial charge in [0.2, 0.25) is 0 Å². The average Bonchev–Trinajstić information content (AvgIpc) is 1.98. The minimum atomic E-state index is -0.991. The fourth-order valence-corrected chi connectivity index (χ4v) is 1.38. The van der Waals surface area contributed by atoms with Crippen molar-refractivity contribution in [2.75, 3.05) is 6.54 Å². The van der Waals surface area contributed by atoms with E-state index < -0.39 is 23.7 Å². The third-order valence-electron chi connectivity index (χ3n) is 2.42. The summed E-state index contributed by atoms with van der Waals surface area (Å²) in [6.45, 7) is 3.89. The van der Waals surface area contributed by atoms with Crippen molar-refractivity contribution in [3.8, 4) is 0 Å². The van der Waals surface area contributed by atoms with Crippen molar-refractivity contribution in [1.82, 2.24) is 4.90 Å². The van der Waals surface area contributed by atoms with E-state index in [0.29, 0.717) is 13.0 Å². The van der Waals surface area contributed by atoms with Crippen LogP contribution in [0.3, 0.4) is 0 Å². The maximum Gasteiger partial charge on any atom is 0.411 e. The lowest BCUT2D eigenvalue weighted by atomic mass is 10.0. The molecule has 1 aliphatic rings. The number of halogens is 2. The number of ether oxygens (including phenoxy) is 1. The predicted molar refractivity (Wildman–Crippen MR) is 64.9 cm³/mol.